The lowest BCUT2D eigenvalue weighted by Crippen LogP contribution is -2.35. The molecule has 0 spiro atoms. The Hall–Kier alpha value is -3.26. The average molecular weight is 546 g/mol. The lowest BCUT2D eigenvalue weighted by atomic mass is 9.87. The van der Waals surface area contributed by atoms with Crippen molar-refractivity contribution in [1.82, 2.24) is 19.4 Å². The number of benzene rings is 2. The Labute approximate surface area is 233 Å². The third kappa shape index (κ3) is 4.84. The summed E-state index contributed by atoms with van der Waals surface area (Å²) in [5.41, 5.74) is 3.97. The van der Waals surface area contributed by atoms with Crippen molar-refractivity contribution in [2.24, 2.45) is 0 Å². The summed E-state index contributed by atoms with van der Waals surface area (Å²) in [6, 6.07) is 14.4. The monoisotopic (exact) mass is 545 g/mol. The molecular formula is C31H30ClFN4O2. The fourth-order valence-corrected chi connectivity index (χ4v) is 6.00. The highest BCUT2D eigenvalue weighted by Crippen LogP contribution is 2.42. The van der Waals surface area contributed by atoms with E-state index in [1.54, 1.807) is 12.1 Å². The lowest BCUT2D eigenvalue weighted by Gasteiger charge is -2.34. The van der Waals surface area contributed by atoms with E-state index in [1.807, 2.05) is 36.5 Å². The van der Waals surface area contributed by atoms with Gasteiger partial charge in [0.2, 0.25) is 0 Å². The van der Waals surface area contributed by atoms with Crippen LogP contribution in [0.25, 0.3) is 17.2 Å². The van der Waals surface area contributed by atoms with Gasteiger partial charge in [-0.2, -0.15) is 0 Å². The minimum atomic E-state index is -1.66. The molecule has 3 aliphatic heterocycles. The van der Waals surface area contributed by atoms with Crippen LogP contribution in [-0.2, 0) is 17.8 Å². The Balaban J connectivity index is 1.08. The van der Waals surface area contributed by atoms with Gasteiger partial charge in [0.1, 0.15) is 29.0 Å². The van der Waals surface area contributed by atoms with Crippen LogP contribution in [0.5, 0.6) is 5.75 Å². The maximum absolute atomic E-state index is 14.8. The Bertz CT molecular complexity index is 1600. The predicted octanol–water partition coefficient (Wildman–Crippen LogP) is 6.54. The minimum absolute atomic E-state index is 0.146. The number of nitrogens with zero attached hydrogens (tertiary/aromatic N) is 4. The molecule has 0 N–H and O–H groups in total. The molecule has 39 heavy (non-hydrogen) atoms. The van der Waals surface area contributed by atoms with Gasteiger partial charge < -0.3 is 14.0 Å². The van der Waals surface area contributed by atoms with Gasteiger partial charge in [0, 0.05) is 29.0 Å². The Morgan fingerprint density at radius 2 is 1.95 bits per heavy atom. The van der Waals surface area contributed by atoms with Crippen LogP contribution in [0.3, 0.4) is 0 Å². The normalized spacial score (nSPS) is 23.7. The van der Waals surface area contributed by atoms with Crippen LogP contribution in [0.15, 0.2) is 60.8 Å². The molecule has 0 aliphatic carbocycles. The molecule has 0 saturated carbocycles. The number of hydrogen-bond donors (Lipinski definition) is 0. The molecule has 3 aliphatic rings. The van der Waals surface area contributed by atoms with Crippen LogP contribution >= 0.6 is 11.6 Å². The van der Waals surface area contributed by atoms with Crippen molar-refractivity contribution in [3.8, 4) is 5.75 Å². The molecule has 200 valence electrons. The fourth-order valence-electron chi connectivity index (χ4n) is 5.84. The zero-order chi connectivity index (χ0) is 27.3. The zero-order valence-corrected chi connectivity index (χ0v) is 22.3. The van der Waals surface area contributed by atoms with Crippen LogP contribution in [0, 0.1) is 5.82 Å². The quantitative estimate of drug-likeness (QED) is 0.275. The number of likely N-dealkylation sites (tertiary alicyclic amines) is 1. The summed E-state index contributed by atoms with van der Waals surface area (Å²) in [5, 5.41) is 0.292. The topological polar surface area (TPSA) is 52.4 Å². The molecule has 0 bridgehead atoms. The predicted molar refractivity (Wildman–Crippen MR) is 149 cm³/mol. The van der Waals surface area contributed by atoms with Crippen molar-refractivity contribution in [3.63, 3.8) is 0 Å². The van der Waals surface area contributed by atoms with Gasteiger partial charge in [0.25, 0.3) is 0 Å². The van der Waals surface area contributed by atoms with E-state index in [4.69, 9.17) is 27.4 Å². The SMILES string of the molecule is [2H][C@]1(c2ccc(Cl)cc2F)C=Cc2cccc(C3CCN(Cc4nc5cccnc5n4C[C@@H]4CCO4)CC3)c2O1. The summed E-state index contributed by atoms with van der Waals surface area (Å²) >= 11 is 5.95. The number of pyridine rings is 1. The third-order valence-corrected chi connectivity index (χ3v) is 8.29. The van der Waals surface area contributed by atoms with E-state index >= 15 is 0 Å². The first-order chi connectivity index (χ1) is 19.5. The minimum Gasteiger partial charge on any atom is -0.481 e. The first-order valence-corrected chi connectivity index (χ1v) is 14.0. The molecule has 5 heterocycles. The first-order valence-electron chi connectivity index (χ1n) is 14.1. The van der Waals surface area contributed by atoms with E-state index in [0.29, 0.717) is 10.8 Å². The lowest BCUT2D eigenvalue weighted by molar-refractivity contribution is -0.0593. The van der Waals surface area contributed by atoms with E-state index < -0.39 is 11.9 Å². The van der Waals surface area contributed by atoms with Gasteiger partial charge in [-0.1, -0.05) is 41.9 Å². The number of rotatable bonds is 6. The smallest absolute Gasteiger partial charge is 0.160 e. The van der Waals surface area contributed by atoms with E-state index in [1.165, 1.54) is 12.1 Å². The van der Waals surface area contributed by atoms with Gasteiger partial charge in [0.05, 0.1) is 20.6 Å². The molecular weight excluding hydrogens is 515 g/mol. The Morgan fingerprint density at radius 1 is 1.08 bits per heavy atom. The Morgan fingerprint density at radius 3 is 2.74 bits per heavy atom. The third-order valence-electron chi connectivity index (χ3n) is 8.05. The molecule has 2 atom stereocenters. The molecule has 2 saturated heterocycles. The summed E-state index contributed by atoms with van der Waals surface area (Å²) in [4.78, 5) is 12.0. The molecule has 7 rings (SSSR count). The van der Waals surface area contributed by atoms with Gasteiger partial charge >= 0.3 is 0 Å². The molecule has 8 heteroatoms. The highest BCUT2D eigenvalue weighted by molar-refractivity contribution is 6.30. The summed E-state index contributed by atoms with van der Waals surface area (Å²) in [6.07, 6.45) is 6.83. The maximum Gasteiger partial charge on any atom is 0.160 e. The fraction of sp³-hybridized carbons (Fsp3) is 0.355. The molecule has 2 aromatic carbocycles. The summed E-state index contributed by atoms with van der Waals surface area (Å²) in [6.45, 7) is 4.19. The summed E-state index contributed by atoms with van der Waals surface area (Å²) < 4.78 is 38.0. The summed E-state index contributed by atoms with van der Waals surface area (Å²) in [7, 11) is 0. The zero-order valence-electron chi connectivity index (χ0n) is 22.5. The number of piperidine rings is 1. The van der Waals surface area contributed by atoms with Gasteiger partial charge in [-0.3, -0.25) is 4.90 Å². The van der Waals surface area contributed by atoms with Crippen LogP contribution < -0.4 is 4.74 Å². The second kappa shape index (κ2) is 10.4. The second-order valence-corrected chi connectivity index (χ2v) is 10.9. The molecule has 4 aromatic rings. The molecule has 6 nitrogen and oxygen atoms in total. The van der Waals surface area contributed by atoms with Crippen LogP contribution in [0.2, 0.25) is 5.02 Å². The van der Waals surface area contributed by atoms with Crippen molar-refractivity contribution in [3.05, 3.63) is 94.2 Å². The number of para-hydroxylation sites is 1. The molecule has 0 radical (unpaired) electrons. The van der Waals surface area contributed by atoms with Gasteiger partial charge in [-0.05, 0) is 74.2 Å². The highest BCUT2D eigenvalue weighted by atomic mass is 35.5. The van der Waals surface area contributed by atoms with Crippen molar-refractivity contribution in [2.45, 2.75) is 50.5 Å². The number of ether oxygens (including phenoxy) is 2. The number of imidazole rings is 1. The average Bonchev–Trinajstić information content (AvgIpc) is 3.27. The van der Waals surface area contributed by atoms with E-state index in [0.717, 1.165) is 80.2 Å². The maximum atomic E-state index is 14.8. The standard InChI is InChI=1S/C31H30ClFN4O2/c32-22-7-8-25(26(33)17-22)28-9-6-21-3-1-4-24(30(21)39-28)20-10-14-36(15-11-20)19-29-35-27-5-2-13-34-31(27)37(29)18-23-12-16-38-23/h1-9,13,17,20,23,28H,10-12,14-16,18-19H2/t23-,28+/m0/s1/i28D. The van der Waals surface area contributed by atoms with Crippen molar-refractivity contribution in [2.75, 3.05) is 19.7 Å². The van der Waals surface area contributed by atoms with Crippen LogP contribution in [0.1, 0.15) is 55.1 Å². The highest BCUT2D eigenvalue weighted by Gasteiger charge is 2.29. The van der Waals surface area contributed by atoms with E-state index in [9.17, 15) is 4.39 Å². The van der Waals surface area contributed by atoms with E-state index in [-0.39, 0.29) is 17.6 Å². The van der Waals surface area contributed by atoms with Crippen LogP contribution in [-0.4, -0.2) is 45.2 Å². The van der Waals surface area contributed by atoms with Gasteiger partial charge in [-0.25, -0.2) is 14.4 Å². The number of fused-ring (bicyclic) bond motifs is 2. The summed E-state index contributed by atoms with van der Waals surface area (Å²) in [5.74, 6) is 1.42. The molecule has 0 unspecified atom stereocenters. The number of aromatic nitrogens is 3. The molecule has 0 amide bonds. The Kier molecular flexibility index (Phi) is 6.28. The van der Waals surface area contributed by atoms with Gasteiger partial charge in [-0.15, -0.1) is 0 Å². The van der Waals surface area contributed by atoms with Crippen molar-refractivity contribution >= 4 is 28.8 Å². The second-order valence-electron chi connectivity index (χ2n) is 10.5. The van der Waals surface area contributed by atoms with Crippen molar-refractivity contribution in [1.29, 1.82) is 0 Å². The van der Waals surface area contributed by atoms with Crippen molar-refractivity contribution < 1.29 is 15.2 Å². The molecule has 2 fully saturated rings. The number of halogens is 2. The van der Waals surface area contributed by atoms with Gasteiger partial charge in [0.15, 0.2) is 5.65 Å². The largest absolute Gasteiger partial charge is 0.481 e. The molecule has 2 aromatic heterocycles. The van der Waals surface area contributed by atoms with E-state index in [2.05, 4.69) is 20.5 Å². The first kappa shape index (κ1) is 23.6. The number of hydrogen-bond acceptors (Lipinski definition) is 5. The van der Waals surface area contributed by atoms with Crippen LogP contribution in [0.4, 0.5) is 4.39 Å².